The zero-order valence-corrected chi connectivity index (χ0v) is 15.1. The van der Waals surface area contributed by atoms with E-state index in [2.05, 4.69) is 15.5 Å². The van der Waals surface area contributed by atoms with Crippen LogP contribution in [0.25, 0.3) is 0 Å². The van der Waals surface area contributed by atoms with Crippen LogP contribution in [0.2, 0.25) is 10.0 Å². The van der Waals surface area contributed by atoms with E-state index in [1.165, 1.54) is 40.0 Å². The Morgan fingerprint density at radius 2 is 1.93 bits per heavy atom. The Morgan fingerprint density at radius 1 is 1.15 bits per heavy atom. The number of halogens is 3. The fourth-order valence-electron chi connectivity index (χ4n) is 2.29. The number of nitrogens with one attached hydrogen (secondary N) is 1. The van der Waals surface area contributed by atoms with Crippen LogP contribution in [-0.2, 0) is 17.9 Å². The molecule has 27 heavy (non-hydrogen) atoms. The van der Waals surface area contributed by atoms with Gasteiger partial charge in [0.1, 0.15) is 17.4 Å². The van der Waals surface area contributed by atoms with Gasteiger partial charge in [0.2, 0.25) is 5.91 Å². The van der Waals surface area contributed by atoms with Crippen molar-refractivity contribution in [3.8, 4) is 0 Å². The van der Waals surface area contributed by atoms with Crippen molar-refractivity contribution >= 4 is 40.9 Å². The van der Waals surface area contributed by atoms with Crippen molar-refractivity contribution in [2.75, 3.05) is 5.32 Å². The minimum atomic E-state index is -1.19. The molecule has 11 heteroatoms. The molecular formula is C16H12Cl2FN5O3. The number of nitrogens with zero attached hydrogens (tertiary/aromatic N) is 4. The topological polar surface area (TPSA) is 102 Å². The molecule has 0 atom stereocenters. The van der Waals surface area contributed by atoms with Crippen molar-refractivity contribution in [2.24, 2.45) is 0 Å². The van der Waals surface area contributed by atoms with E-state index in [9.17, 15) is 14.0 Å². The summed E-state index contributed by atoms with van der Waals surface area (Å²) in [7, 11) is 0. The molecule has 2 aromatic heterocycles. The second-order valence-corrected chi connectivity index (χ2v) is 6.29. The molecule has 0 aliphatic carbocycles. The molecule has 0 unspecified atom stereocenters. The van der Waals surface area contributed by atoms with Crippen molar-refractivity contribution in [3.63, 3.8) is 0 Å². The van der Waals surface area contributed by atoms with Gasteiger partial charge >= 0.3 is 5.97 Å². The van der Waals surface area contributed by atoms with E-state index in [1.807, 2.05) is 0 Å². The Morgan fingerprint density at radius 3 is 2.59 bits per heavy atom. The van der Waals surface area contributed by atoms with Gasteiger partial charge in [-0.05, 0) is 18.2 Å². The number of aromatic carboxylic acids is 1. The number of hydrogen-bond donors (Lipinski definition) is 2. The number of benzene rings is 1. The van der Waals surface area contributed by atoms with Crippen LogP contribution in [-0.4, -0.2) is 36.5 Å². The second-order valence-electron chi connectivity index (χ2n) is 5.48. The second kappa shape index (κ2) is 7.77. The Hall–Kier alpha value is -2.91. The summed E-state index contributed by atoms with van der Waals surface area (Å²) < 4.78 is 16.4. The highest BCUT2D eigenvalue weighted by Gasteiger charge is 2.15. The number of carboxylic acid groups (broad SMARTS) is 1. The lowest BCUT2D eigenvalue weighted by molar-refractivity contribution is -0.116. The molecule has 0 aliphatic heterocycles. The van der Waals surface area contributed by atoms with Gasteiger partial charge in [0.05, 0.1) is 6.54 Å². The molecule has 8 nitrogen and oxygen atoms in total. The average Bonchev–Trinajstić information content (AvgIpc) is 3.18. The third-order valence-corrected chi connectivity index (χ3v) is 4.15. The summed E-state index contributed by atoms with van der Waals surface area (Å²) in [5, 5.41) is 19.6. The number of carbonyl (C=O) groups is 2. The summed E-state index contributed by atoms with van der Waals surface area (Å²) in [6.07, 6.45) is 2.79. The lowest BCUT2D eigenvalue weighted by atomic mass is 10.2. The van der Waals surface area contributed by atoms with Gasteiger partial charge in [0, 0.05) is 23.0 Å². The van der Waals surface area contributed by atoms with Crippen LogP contribution >= 0.6 is 23.2 Å². The molecule has 0 radical (unpaired) electrons. The van der Waals surface area contributed by atoms with Crippen LogP contribution in [0.5, 0.6) is 0 Å². The van der Waals surface area contributed by atoms with E-state index in [-0.39, 0.29) is 40.2 Å². The van der Waals surface area contributed by atoms with Crippen molar-refractivity contribution < 1.29 is 19.1 Å². The summed E-state index contributed by atoms with van der Waals surface area (Å²) >= 11 is 12.0. The zero-order chi connectivity index (χ0) is 19.6. The Labute approximate surface area is 162 Å². The van der Waals surface area contributed by atoms with E-state index in [1.54, 1.807) is 6.07 Å². The Bertz CT molecular complexity index is 997. The van der Waals surface area contributed by atoms with Crippen LogP contribution in [0.4, 0.5) is 10.2 Å². The maximum absolute atomic E-state index is 13.9. The van der Waals surface area contributed by atoms with Gasteiger partial charge in [-0.2, -0.15) is 10.2 Å². The molecule has 140 valence electrons. The molecule has 2 heterocycles. The predicted molar refractivity (Wildman–Crippen MR) is 95.6 cm³/mol. The van der Waals surface area contributed by atoms with Gasteiger partial charge in [-0.3, -0.25) is 14.2 Å². The highest BCUT2D eigenvalue weighted by atomic mass is 35.5. The van der Waals surface area contributed by atoms with Crippen molar-refractivity contribution in [2.45, 2.75) is 13.1 Å². The van der Waals surface area contributed by atoms with E-state index in [0.29, 0.717) is 0 Å². The van der Waals surface area contributed by atoms with Crippen LogP contribution in [0.3, 0.4) is 0 Å². The van der Waals surface area contributed by atoms with E-state index in [4.69, 9.17) is 28.3 Å². The summed E-state index contributed by atoms with van der Waals surface area (Å²) in [6.45, 7) is -0.197. The summed E-state index contributed by atoms with van der Waals surface area (Å²) in [6, 6.07) is 5.61. The summed E-state index contributed by atoms with van der Waals surface area (Å²) in [4.78, 5) is 22.9. The Kier molecular flexibility index (Phi) is 5.43. The van der Waals surface area contributed by atoms with Gasteiger partial charge in [-0.15, -0.1) is 0 Å². The van der Waals surface area contributed by atoms with Crippen molar-refractivity contribution in [3.05, 3.63) is 63.8 Å². The normalized spacial score (nSPS) is 10.8. The van der Waals surface area contributed by atoms with E-state index < -0.39 is 17.7 Å². The summed E-state index contributed by atoms with van der Waals surface area (Å²) in [5.41, 5.74) is 0.0702. The zero-order valence-electron chi connectivity index (χ0n) is 13.6. The first-order chi connectivity index (χ1) is 12.8. The van der Waals surface area contributed by atoms with Crippen LogP contribution in [0.1, 0.15) is 16.1 Å². The predicted octanol–water partition coefficient (Wildman–Crippen LogP) is 2.91. The number of aromatic nitrogens is 4. The minimum Gasteiger partial charge on any atom is -0.476 e. The third kappa shape index (κ3) is 4.44. The van der Waals surface area contributed by atoms with Gasteiger partial charge in [0.15, 0.2) is 11.5 Å². The fourth-order valence-corrected chi connectivity index (χ4v) is 2.71. The SMILES string of the molecule is O=C(Cn1ccc(C(=O)O)n1)Nc1nn(Cc2c(F)cccc2Cl)cc1Cl. The molecule has 3 rings (SSSR count). The smallest absolute Gasteiger partial charge is 0.356 e. The number of carboxylic acids is 1. The molecule has 0 spiro atoms. The average molecular weight is 412 g/mol. The lowest BCUT2D eigenvalue weighted by Gasteiger charge is -2.06. The monoisotopic (exact) mass is 411 g/mol. The van der Waals surface area contributed by atoms with Gasteiger partial charge < -0.3 is 10.4 Å². The highest BCUT2D eigenvalue weighted by Crippen LogP contribution is 2.23. The van der Waals surface area contributed by atoms with Crippen LogP contribution in [0.15, 0.2) is 36.7 Å². The van der Waals surface area contributed by atoms with Crippen LogP contribution < -0.4 is 5.32 Å². The molecule has 0 fully saturated rings. The molecule has 1 amide bonds. The highest BCUT2D eigenvalue weighted by molar-refractivity contribution is 6.33. The molecule has 3 aromatic rings. The molecule has 1 aromatic carbocycles. The number of rotatable bonds is 6. The molecular weight excluding hydrogens is 400 g/mol. The first-order valence-corrected chi connectivity index (χ1v) is 8.31. The molecule has 0 saturated heterocycles. The minimum absolute atomic E-state index is 0.0300. The Balaban J connectivity index is 1.69. The maximum Gasteiger partial charge on any atom is 0.356 e. The number of anilines is 1. The summed E-state index contributed by atoms with van der Waals surface area (Å²) in [5.74, 6) is -2.10. The standard InChI is InChI=1S/C16H12Cl2FN5O3/c17-10-2-1-3-12(19)9(10)6-24-7-11(18)15(22-24)20-14(25)8-23-5-4-13(21-23)16(26)27/h1-5,7H,6,8H2,(H,26,27)(H,20,22,25). The van der Waals surface area contributed by atoms with Gasteiger partial charge in [0.25, 0.3) is 0 Å². The number of amides is 1. The molecule has 2 N–H and O–H groups in total. The third-order valence-electron chi connectivity index (χ3n) is 3.52. The van der Waals surface area contributed by atoms with E-state index >= 15 is 0 Å². The molecule has 0 saturated carbocycles. The van der Waals surface area contributed by atoms with Crippen LogP contribution in [0, 0.1) is 5.82 Å². The first-order valence-electron chi connectivity index (χ1n) is 7.56. The number of hydrogen-bond acceptors (Lipinski definition) is 4. The number of carbonyl (C=O) groups excluding carboxylic acids is 1. The van der Waals surface area contributed by atoms with Gasteiger partial charge in [-0.25, -0.2) is 9.18 Å². The quantitative estimate of drug-likeness (QED) is 0.648. The van der Waals surface area contributed by atoms with Gasteiger partial charge in [-0.1, -0.05) is 29.3 Å². The molecule has 0 aliphatic rings. The lowest BCUT2D eigenvalue weighted by Crippen LogP contribution is -2.20. The fraction of sp³-hybridized carbons (Fsp3) is 0.125. The molecule has 0 bridgehead atoms. The maximum atomic E-state index is 13.9. The van der Waals surface area contributed by atoms with Crippen molar-refractivity contribution in [1.29, 1.82) is 0 Å². The van der Waals surface area contributed by atoms with Crippen molar-refractivity contribution in [1.82, 2.24) is 19.6 Å². The van der Waals surface area contributed by atoms with E-state index in [0.717, 1.165) is 0 Å². The first kappa shape index (κ1) is 18.9. The largest absolute Gasteiger partial charge is 0.476 e.